The van der Waals surface area contributed by atoms with Crippen molar-refractivity contribution in [3.8, 4) is 0 Å². The standard InChI is InChI=1S/C14H30O3Si/c1-6-15-18(16-7-2,17-8-3)14-12(4)10-9-11-13(14)5/h12-14H,6-11H2,1-5H3. The van der Waals surface area contributed by atoms with Crippen LogP contribution in [-0.2, 0) is 13.3 Å². The summed E-state index contributed by atoms with van der Waals surface area (Å²) in [6.07, 6.45) is 3.88. The molecule has 0 N–H and O–H groups in total. The Labute approximate surface area is 114 Å². The van der Waals surface area contributed by atoms with Gasteiger partial charge in [-0.25, -0.2) is 0 Å². The molecule has 0 amide bonds. The molecule has 0 saturated heterocycles. The highest BCUT2D eigenvalue weighted by Gasteiger charge is 2.54. The lowest BCUT2D eigenvalue weighted by Crippen LogP contribution is -2.54. The van der Waals surface area contributed by atoms with Crippen molar-refractivity contribution in [2.75, 3.05) is 19.8 Å². The normalized spacial score (nSPS) is 29.5. The maximum absolute atomic E-state index is 6.09. The summed E-state index contributed by atoms with van der Waals surface area (Å²) in [5.74, 6) is 1.29. The van der Waals surface area contributed by atoms with Gasteiger partial charge in [-0.1, -0.05) is 33.1 Å². The molecule has 1 saturated carbocycles. The molecule has 4 heteroatoms. The Kier molecular flexibility index (Phi) is 6.85. The fourth-order valence-corrected chi connectivity index (χ4v) is 7.16. The van der Waals surface area contributed by atoms with Gasteiger partial charge >= 0.3 is 8.80 Å². The molecule has 2 atom stereocenters. The Morgan fingerprint density at radius 2 is 1.22 bits per heavy atom. The quantitative estimate of drug-likeness (QED) is 0.660. The van der Waals surface area contributed by atoms with E-state index in [1.165, 1.54) is 19.3 Å². The Hall–Kier alpha value is 0.0969. The van der Waals surface area contributed by atoms with Gasteiger partial charge in [-0.05, 0) is 32.6 Å². The van der Waals surface area contributed by atoms with E-state index in [2.05, 4.69) is 13.8 Å². The van der Waals surface area contributed by atoms with Crippen molar-refractivity contribution in [2.45, 2.75) is 59.4 Å². The van der Waals surface area contributed by atoms with Gasteiger partial charge in [0.05, 0.1) is 0 Å². The summed E-state index contributed by atoms with van der Waals surface area (Å²) < 4.78 is 18.3. The van der Waals surface area contributed by atoms with Crippen LogP contribution in [0.1, 0.15) is 53.9 Å². The van der Waals surface area contributed by atoms with Crippen LogP contribution in [0.2, 0.25) is 5.54 Å². The van der Waals surface area contributed by atoms with E-state index in [0.29, 0.717) is 37.2 Å². The summed E-state index contributed by atoms with van der Waals surface area (Å²) in [5.41, 5.74) is 0.464. The molecule has 1 rings (SSSR count). The zero-order chi connectivity index (χ0) is 13.6. The summed E-state index contributed by atoms with van der Waals surface area (Å²) in [4.78, 5) is 0. The van der Waals surface area contributed by atoms with Crippen molar-refractivity contribution < 1.29 is 13.3 Å². The molecule has 1 aliphatic carbocycles. The van der Waals surface area contributed by atoms with Crippen molar-refractivity contribution in [3.63, 3.8) is 0 Å². The van der Waals surface area contributed by atoms with Gasteiger partial charge in [0.25, 0.3) is 0 Å². The van der Waals surface area contributed by atoms with E-state index < -0.39 is 8.80 Å². The summed E-state index contributed by atoms with van der Waals surface area (Å²) in [6, 6.07) is 0. The topological polar surface area (TPSA) is 27.7 Å². The van der Waals surface area contributed by atoms with Crippen molar-refractivity contribution in [3.05, 3.63) is 0 Å². The van der Waals surface area contributed by atoms with Gasteiger partial charge in [0, 0.05) is 25.4 Å². The molecule has 0 aliphatic heterocycles. The van der Waals surface area contributed by atoms with Crippen LogP contribution in [0.25, 0.3) is 0 Å². The predicted molar refractivity (Wildman–Crippen MR) is 76.6 cm³/mol. The molecule has 108 valence electrons. The van der Waals surface area contributed by atoms with Crippen LogP contribution < -0.4 is 0 Å². The van der Waals surface area contributed by atoms with Crippen molar-refractivity contribution in [1.82, 2.24) is 0 Å². The maximum Gasteiger partial charge on any atom is 0.504 e. The molecular formula is C14H30O3Si. The van der Waals surface area contributed by atoms with Gasteiger partial charge < -0.3 is 13.3 Å². The molecule has 0 aromatic heterocycles. The smallest absolute Gasteiger partial charge is 0.374 e. The highest BCUT2D eigenvalue weighted by molar-refractivity contribution is 6.62. The van der Waals surface area contributed by atoms with Gasteiger partial charge in [-0.2, -0.15) is 0 Å². The number of hydrogen-bond donors (Lipinski definition) is 0. The first-order valence-electron chi connectivity index (χ1n) is 7.53. The van der Waals surface area contributed by atoms with Crippen LogP contribution >= 0.6 is 0 Å². The molecule has 0 aromatic carbocycles. The third-order valence-electron chi connectivity index (χ3n) is 3.99. The summed E-state index contributed by atoms with van der Waals surface area (Å²) >= 11 is 0. The first-order valence-corrected chi connectivity index (χ1v) is 9.33. The van der Waals surface area contributed by atoms with Gasteiger partial charge in [0.1, 0.15) is 0 Å². The molecule has 3 nitrogen and oxygen atoms in total. The minimum Gasteiger partial charge on any atom is -0.374 e. The van der Waals surface area contributed by atoms with Gasteiger partial charge in [-0.15, -0.1) is 0 Å². The zero-order valence-corrected chi connectivity index (χ0v) is 13.7. The lowest BCUT2D eigenvalue weighted by atomic mass is 9.83. The van der Waals surface area contributed by atoms with E-state index in [4.69, 9.17) is 13.3 Å². The molecule has 2 unspecified atom stereocenters. The zero-order valence-electron chi connectivity index (χ0n) is 12.7. The number of hydrogen-bond acceptors (Lipinski definition) is 3. The monoisotopic (exact) mass is 274 g/mol. The molecule has 1 aliphatic rings. The minimum absolute atomic E-state index is 0.464. The Morgan fingerprint density at radius 1 is 0.833 bits per heavy atom. The van der Waals surface area contributed by atoms with Gasteiger partial charge in [-0.3, -0.25) is 0 Å². The van der Waals surface area contributed by atoms with E-state index in [-0.39, 0.29) is 0 Å². The molecule has 18 heavy (non-hydrogen) atoms. The highest BCUT2D eigenvalue weighted by Crippen LogP contribution is 2.46. The second-order valence-corrected chi connectivity index (χ2v) is 8.05. The van der Waals surface area contributed by atoms with E-state index in [9.17, 15) is 0 Å². The fourth-order valence-electron chi connectivity index (χ4n) is 3.40. The Morgan fingerprint density at radius 3 is 1.56 bits per heavy atom. The summed E-state index contributed by atoms with van der Waals surface area (Å²) in [6.45, 7) is 12.8. The number of rotatable bonds is 7. The first kappa shape index (κ1) is 16.2. The Bertz CT molecular complexity index is 208. The van der Waals surface area contributed by atoms with Crippen molar-refractivity contribution in [2.24, 2.45) is 11.8 Å². The van der Waals surface area contributed by atoms with Crippen LogP contribution in [0.5, 0.6) is 0 Å². The molecule has 0 heterocycles. The second-order valence-electron chi connectivity index (χ2n) is 5.31. The van der Waals surface area contributed by atoms with Gasteiger partial charge in [0.15, 0.2) is 0 Å². The SMILES string of the molecule is CCO[Si](OCC)(OCC)C1C(C)CCCC1C. The van der Waals surface area contributed by atoms with E-state index in [1.807, 2.05) is 20.8 Å². The first-order chi connectivity index (χ1) is 8.61. The Balaban J connectivity index is 2.96. The third kappa shape index (κ3) is 3.56. The van der Waals surface area contributed by atoms with Crippen LogP contribution in [0.3, 0.4) is 0 Å². The second kappa shape index (κ2) is 7.63. The molecule has 0 bridgehead atoms. The maximum atomic E-state index is 6.09. The van der Waals surface area contributed by atoms with Crippen LogP contribution in [0.4, 0.5) is 0 Å². The van der Waals surface area contributed by atoms with Crippen molar-refractivity contribution >= 4 is 8.80 Å². The average molecular weight is 274 g/mol. The summed E-state index contributed by atoms with van der Waals surface area (Å²) in [5, 5.41) is 0. The molecule has 0 radical (unpaired) electrons. The largest absolute Gasteiger partial charge is 0.504 e. The average Bonchev–Trinajstić information content (AvgIpc) is 2.29. The molecule has 0 spiro atoms. The van der Waals surface area contributed by atoms with Crippen molar-refractivity contribution in [1.29, 1.82) is 0 Å². The summed E-state index contributed by atoms with van der Waals surface area (Å²) in [7, 11) is -2.52. The lowest BCUT2D eigenvalue weighted by Gasteiger charge is -2.43. The third-order valence-corrected chi connectivity index (χ3v) is 8.02. The van der Waals surface area contributed by atoms with E-state index in [0.717, 1.165) is 0 Å². The van der Waals surface area contributed by atoms with Crippen LogP contribution in [0, 0.1) is 11.8 Å². The highest BCUT2D eigenvalue weighted by atomic mass is 28.4. The minimum atomic E-state index is -2.52. The van der Waals surface area contributed by atoms with Gasteiger partial charge in [0.2, 0.25) is 0 Å². The molecule has 1 fully saturated rings. The molecule has 0 aromatic rings. The lowest BCUT2D eigenvalue weighted by molar-refractivity contribution is 0.0400. The molecular weight excluding hydrogens is 244 g/mol. The van der Waals surface area contributed by atoms with E-state index in [1.54, 1.807) is 0 Å². The van der Waals surface area contributed by atoms with Crippen LogP contribution in [-0.4, -0.2) is 28.6 Å². The van der Waals surface area contributed by atoms with Crippen LogP contribution in [0.15, 0.2) is 0 Å². The fraction of sp³-hybridized carbons (Fsp3) is 1.00. The van der Waals surface area contributed by atoms with E-state index >= 15 is 0 Å². The predicted octanol–water partition coefficient (Wildman–Crippen LogP) is 3.86.